The van der Waals surface area contributed by atoms with Crippen LogP contribution in [0.3, 0.4) is 0 Å². The Labute approximate surface area is 119 Å². The Morgan fingerprint density at radius 2 is 2.47 bits per heavy atom. The summed E-state index contributed by atoms with van der Waals surface area (Å²) in [7, 11) is 1.90. The van der Waals surface area contributed by atoms with Crippen molar-refractivity contribution >= 4 is 17.4 Å². The number of hydrogen-bond acceptors (Lipinski definition) is 5. The molecule has 1 aliphatic rings. The molecule has 0 amide bonds. The molecule has 6 heteroatoms. The molecular weight excluding hydrogens is 264 g/mol. The van der Waals surface area contributed by atoms with Crippen molar-refractivity contribution in [3.63, 3.8) is 0 Å². The summed E-state index contributed by atoms with van der Waals surface area (Å²) >= 11 is 6.02. The molecule has 2 rings (SSSR count). The third-order valence-corrected chi connectivity index (χ3v) is 3.77. The number of nitrogens with two attached hydrogens (primary N) is 1. The van der Waals surface area contributed by atoms with E-state index in [1.165, 1.54) is 0 Å². The van der Waals surface area contributed by atoms with E-state index in [9.17, 15) is 0 Å². The van der Waals surface area contributed by atoms with Gasteiger partial charge in [-0.25, -0.2) is 4.98 Å². The smallest absolute Gasteiger partial charge is 0.128 e. The van der Waals surface area contributed by atoms with E-state index in [1.807, 2.05) is 13.1 Å². The van der Waals surface area contributed by atoms with Crippen LogP contribution in [0.2, 0.25) is 5.02 Å². The van der Waals surface area contributed by atoms with Crippen LogP contribution < -0.4 is 11.1 Å². The second-order valence-corrected chi connectivity index (χ2v) is 5.13. The maximum Gasteiger partial charge on any atom is 0.128 e. The summed E-state index contributed by atoms with van der Waals surface area (Å²) < 4.78 is 5.88. The second-order valence-electron chi connectivity index (χ2n) is 4.70. The number of ether oxygens (including phenoxy) is 1. The first-order chi connectivity index (χ1) is 9.15. The van der Waals surface area contributed by atoms with Gasteiger partial charge in [-0.2, -0.15) is 0 Å². The molecule has 1 fully saturated rings. The minimum absolute atomic E-state index is 0.000509. The normalized spacial score (nSPS) is 22.4. The van der Waals surface area contributed by atoms with E-state index >= 15 is 0 Å². The Morgan fingerprint density at radius 1 is 1.68 bits per heavy atom. The number of nitrogen functional groups attached to an aromatic ring is 1. The number of aromatic nitrogens is 1. The van der Waals surface area contributed by atoms with E-state index < -0.39 is 0 Å². The van der Waals surface area contributed by atoms with Crippen molar-refractivity contribution in [1.29, 1.82) is 0 Å². The van der Waals surface area contributed by atoms with E-state index in [4.69, 9.17) is 22.1 Å². The lowest BCUT2D eigenvalue weighted by Crippen LogP contribution is -2.47. The van der Waals surface area contributed by atoms with Gasteiger partial charge in [-0.15, -0.1) is 0 Å². The number of anilines is 1. The van der Waals surface area contributed by atoms with E-state index in [0.29, 0.717) is 10.8 Å². The number of nitrogens with one attached hydrogen (secondary N) is 1. The van der Waals surface area contributed by atoms with E-state index in [2.05, 4.69) is 22.1 Å². The zero-order valence-electron chi connectivity index (χ0n) is 11.4. The lowest BCUT2D eigenvalue weighted by Gasteiger charge is -2.36. The highest BCUT2D eigenvalue weighted by molar-refractivity contribution is 6.30. The zero-order chi connectivity index (χ0) is 13.8. The molecule has 5 nitrogen and oxygen atoms in total. The first kappa shape index (κ1) is 14.5. The van der Waals surface area contributed by atoms with Gasteiger partial charge in [0.15, 0.2) is 0 Å². The van der Waals surface area contributed by atoms with Gasteiger partial charge < -0.3 is 15.8 Å². The number of likely N-dealkylation sites (N-methyl/N-ethyl adjacent to an activating group) is 2. The quantitative estimate of drug-likeness (QED) is 0.873. The molecule has 0 radical (unpaired) electrons. The van der Waals surface area contributed by atoms with Crippen LogP contribution in [0.25, 0.3) is 0 Å². The van der Waals surface area contributed by atoms with E-state index in [-0.39, 0.29) is 12.1 Å². The van der Waals surface area contributed by atoms with Crippen LogP contribution in [0.5, 0.6) is 0 Å². The van der Waals surface area contributed by atoms with Crippen LogP contribution in [-0.4, -0.2) is 49.3 Å². The molecule has 0 spiro atoms. The molecule has 2 unspecified atom stereocenters. The van der Waals surface area contributed by atoms with Crippen molar-refractivity contribution in [2.24, 2.45) is 0 Å². The Hall–Kier alpha value is -0.880. The number of pyridine rings is 1. The van der Waals surface area contributed by atoms with Crippen molar-refractivity contribution in [2.45, 2.75) is 19.1 Å². The summed E-state index contributed by atoms with van der Waals surface area (Å²) in [5.41, 5.74) is 6.86. The molecule has 2 heterocycles. The third-order valence-electron chi connectivity index (χ3n) is 3.56. The molecule has 106 valence electrons. The number of morpholine rings is 1. The average Bonchev–Trinajstić information content (AvgIpc) is 2.44. The molecule has 0 aromatic carbocycles. The fraction of sp³-hybridized carbons (Fsp3) is 0.615. The van der Waals surface area contributed by atoms with Crippen molar-refractivity contribution in [1.82, 2.24) is 15.2 Å². The van der Waals surface area contributed by atoms with Crippen LogP contribution in [0.4, 0.5) is 5.82 Å². The van der Waals surface area contributed by atoms with Crippen molar-refractivity contribution in [3.05, 3.63) is 22.8 Å². The van der Waals surface area contributed by atoms with Crippen molar-refractivity contribution < 1.29 is 4.74 Å². The van der Waals surface area contributed by atoms with Crippen LogP contribution in [0.15, 0.2) is 12.3 Å². The van der Waals surface area contributed by atoms with Gasteiger partial charge in [0.25, 0.3) is 0 Å². The standard InChI is InChI=1S/C13H21ClN4O/c1-3-18-4-5-19-11(8-18)12(16-2)10-6-9(14)7-17-13(10)15/h6-7,11-12,16H,3-5,8H2,1-2H3,(H2,15,17). The molecule has 2 atom stereocenters. The van der Waals surface area contributed by atoms with Crippen LogP contribution in [0.1, 0.15) is 18.5 Å². The Balaban J connectivity index is 2.21. The van der Waals surface area contributed by atoms with Crippen LogP contribution >= 0.6 is 11.6 Å². The number of rotatable bonds is 4. The number of hydrogen-bond donors (Lipinski definition) is 2. The first-order valence-electron chi connectivity index (χ1n) is 6.57. The molecule has 1 aliphatic heterocycles. The maximum absolute atomic E-state index is 6.02. The summed E-state index contributed by atoms with van der Waals surface area (Å²) in [6.07, 6.45) is 1.62. The minimum atomic E-state index is 0.000509. The topological polar surface area (TPSA) is 63.4 Å². The monoisotopic (exact) mass is 284 g/mol. The fourth-order valence-corrected chi connectivity index (χ4v) is 2.64. The van der Waals surface area contributed by atoms with Crippen LogP contribution in [-0.2, 0) is 4.74 Å². The van der Waals surface area contributed by atoms with Crippen molar-refractivity contribution in [2.75, 3.05) is 39.0 Å². The molecule has 19 heavy (non-hydrogen) atoms. The van der Waals surface area contributed by atoms with E-state index in [0.717, 1.165) is 31.8 Å². The summed E-state index contributed by atoms with van der Waals surface area (Å²) in [6.45, 7) is 5.79. The first-order valence-corrected chi connectivity index (χ1v) is 6.95. The molecule has 1 aromatic heterocycles. The van der Waals surface area contributed by atoms with Gasteiger partial charge in [-0.3, -0.25) is 4.90 Å². The second kappa shape index (κ2) is 6.52. The van der Waals surface area contributed by atoms with Gasteiger partial charge in [-0.05, 0) is 19.7 Å². The highest BCUT2D eigenvalue weighted by atomic mass is 35.5. The van der Waals surface area contributed by atoms with Crippen molar-refractivity contribution in [3.8, 4) is 0 Å². The molecule has 0 bridgehead atoms. The van der Waals surface area contributed by atoms with Gasteiger partial charge in [0.1, 0.15) is 5.82 Å². The summed E-state index contributed by atoms with van der Waals surface area (Å²) in [5.74, 6) is 0.501. The Morgan fingerprint density at radius 3 is 3.16 bits per heavy atom. The summed E-state index contributed by atoms with van der Waals surface area (Å²) in [4.78, 5) is 6.49. The largest absolute Gasteiger partial charge is 0.383 e. The van der Waals surface area contributed by atoms with Gasteiger partial charge in [0.05, 0.1) is 23.8 Å². The summed E-state index contributed by atoms with van der Waals surface area (Å²) in [5, 5.41) is 3.86. The zero-order valence-corrected chi connectivity index (χ0v) is 12.2. The van der Waals surface area contributed by atoms with Gasteiger partial charge in [0.2, 0.25) is 0 Å². The molecule has 1 saturated heterocycles. The van der Waals surface area contributed by atoms with Gasteiger partial charge in [0, 0.05) is 24.8 Å². The van der Waals surface area contributed by atoms with Crippen LogP contribution in [0, 0.1) is 0 Å². The summed E-state index contributed by atoms with van der Waals surface area (Å²) in [6, 6.07) is 1.86. The lowest BCUT2D eigenvalue weighted by atomic mass is 10.0. The predicted molar refractivity (Wildman–Crippen MR) is 77.3 cm³/mol. The molecule has 0 aliphatic carbocycles. The van der Waals surface area contributed by atoms with E-state index in [1.54, 1.807) is 6.20 Å². The minimum Gasteiger partial charge on any atom is -0.383 e. The molecular formula is C13H21ClN4O. The molecule has 3 N–H and O–H groups in total. The highest BCUT2D eigenvalue weighted by Crippen LogP contribution is 2.27. The average molecular weight is 285 g/mol. The molecule has 0 saturated carbocycles. The SMILES string of the molecule is CCN1CCOC(C(NC)c2cc(Cl)cnc2N)C1. The van der Waals surface area contributed by atoms with Gasteiger partial charge >= 0.3 is 0 Å². The fourth-order valence-electron chi connectivity index (χ4n) is 2.48. The predicted octanol–water partition coefficient (Wildman–Crippen LogP) is 1.30. The molecule has 1 aromatic rings. The number of nitrogens with zero attached hydrogens (tertiary/aromatic N) is 2. The Kier molecular flexibility index (Phi) is 4.99. The maximum atomic E-state index is 6.02. The highest BCUT2D eigenvalue weighted by Gasteiger charge is 2.29. The Bertz CT molecular complexity index is 429. The van der Waals surface area contributed by atoms with Gasteiger partial charge in [-0.1, -0.05) is 18.5 Å². The third kappa shape index (κ3) is 3.36. The lowest BCUT2D eigenvalue weighted by molar-refractivity contribution is -0.0443. The number of halogens is 1.